The molecule has 122 valence electrons. The van der Waals surface area contributed by atoms with Gasteiger partial charge in [-0.25, -0.2) is 4.79 Å². The van der Waals surface area contributed by atoms with Crippen molar-refractivity contribution in [2.24, 2.45) is 0 Å². The molecule has 0 fully saturated rings. The fourth-order valence-corrected chi connectivity index (χ4v) is 2.30. The number of amides is 1. The maximum absolute atomic E-state index is 11.9. The summed E-state index contributed by atoms with van der Waals surface area (Å²) in [6.45, 7) is 1.95. The van der Waals surface area contributed by atoms with Crippen LogP contribution >= 0.6 is 11.8 Å². The lowest BCUT2D eigenvalue weighted by Gasteiger charge is -2.16. The third-order valence-electron chi connectivity index (χ3n) is 3.13. The van der Waals surface area contributed by atoms with Crippen LogP contribution in [0.15, 0.2) is 24.3 Å². The number of carbonyl (C=O) groups is 2. The van der Waals surface area contributed by atoms with Crippen LogP contribution in [0.4, 0.5) is 0 Å². The number of esters is 1. The Morgan fingerprint density at radius 1 is 1.27 bits per heavy atom. The highest BCUT2D eigenvalue weighted by molar-refractivity contribution is 7.98. The summed E-state index contributed by atoms with van der Waals surface area (Å²) in [6.07, 6.45) is 3.43. The van der Waals surface area contributed by atoms with E-state index in [0.29, 0.717) is 12.2 Å². The highest BCUT2D eigenvalue weighted by Gasteiger charge is 2.21. The lowest BCUT2D eigenvalue weighted by atomic mass is 10.2. The molecule has 0 saturated heterocycles. The molecule has 0 heterocycles. The van der Waals surface area contributed by atoms with Gasteiger partial charge in [0.15, 0.2) is 6.61 Å². The first kappa shape index (κ1) is 18.4. The Labute approximate surface area is 135 Å². The van der Waals surface area contributed by atoms with Crippen molar-refractivity contribution in [3.63, 3.8) is 0 Å². The monoisotopic (exact) mass is 325 g/mol. The zero-order valence-corrected chi connectivity index (χ0v) is 14.1. The first-order valence-electron chi connectivity index (χ1n) is 7.18. The molecular weight excluding hydrogens is 302 g/mol. The second-order valence-corrected chi connectivity index (χ2v) is 5.70. The Bertz CT molecular complexity index is 476. The molecule has 0 bridgehead atoms. The van der Waals surface area contributed by atoms with Crippen molar-refractivity contribution in [3.05, 3.63) is 29.8 Å². The Hall–Kier alpha value is -1.69. The fraction of sp³-hybridized carbons (Fsp3) is 0.500. The molecule has 6 heteroatoms. The van der Waals surface area contributed by atoms with E-state index in [0.717, 1.165) is 12.2 Å². The molecular formula is C16H23NO4S. The van der Waals surface area contributed by atoms with E-state index in [2.05, 4.69) is 12.2 Å². The molecule has 0 aromatic heterocycles. The van der Waals surface area contributed by atoms with Gasteiger partial charge in [-0.3, -0.25) is 4.79 Å². The van der Waals surface area contributed by atoms with Crippen LogP contribution in [0.3, 0.4) is 0 Å². The molecule has 0 aliphatic rings. The van der Waals surface area contributed by atoms with Crippen LogP contribution in [0.1, 0.15) is 18.9 Å². The van der Waals surface area contributed by atoms with E-state index in [1.807, 2.05) is 30.5 Å². The van der Waals surface area contributed by atoms with Crippen LogP contribution in [0.2, 0.25) is 0 Å². The summed E-state index contributed by atoms with van der Waals surface area (Å²) in [6, 6.07) is 6.96. The molecule has 0 unspecified atom stereocenters. The molecule has 1 atom stereocenters. The number of hydrogen-bond donors (Lipinski definition) is 1. The van der Waals surface area contributed by atoms with Gasteiger partial charge >= 0.3 is 5.97 Å². The van der Waals surface area contributed by atoms with Crippen molar-refractivity contribution in [2.45, 2.75) is 25.8 Å². The Morgan fingerprint density at radius 3 is 2.50 bits per heavy atom. The number of ether oxygens (including phenoxy) is 2. The molecule has 0 aliphatic heterocycles. The number of aryl methyl sites for hydroxylation is 1. The van der Waals surface area contributed by atoms with E-state index < -0.39 is 12.0 Å². The summed E-state index contributed by atoms with van der Waals surface area (Å²) in [5.74, 6) is 0.621. The van der Waals surface area contributed by atoms with Crippen LogP contribution in [-0.4, -0.2) is 43.6 Å². The predicted octanol–water partition coefficient (Wildman–Crippen LogP) is 2.04. The van der Waals surface area contributed by atoms with E-state index in [4.69, 9.17) is 9.47 Å². The number of rotatable bonds is 9. The summed E-state index contributed by atoms with van der Waals surface area (Å²) in [5.41, 5.74) is 1.21. The number of methoxy groups -OCH3 is 1. The van der Waals surface area contributed by atoms with Gasteiger partial charge in [-0.05, 0) is 42.5 Å². The van der Waals surface area contributed by atoms with Gasteiger partial charge in [0.25, 0.3) is 5.91 Å². The van der Waals surface area contributed by atoms with Crippen molar-refractivity contribution in [1.29, 1.82) is 0 Å². The highest BCUT2D eigenvalue weighted by atomic mass is 32.2. The lowest BCUT2D eigenvalue weighted by Crippen LogP contribution is -2.43. The minimum Gasteiger partial charge on any atom is -0.484 e. The van der Waals surface area contributed by atoms with Gasteiger partial charge in [-0.2, -0.15) is 11.8 Å². The van der Waals surface area contributed by atoms with Crippen LogP contribution in [0.25, 0.3) is 0 Å². The second kappa shape index (κ2) is 10.1. The second-order valence-electron chi connectivity index (χ2n) is 4.71. The highest BCUT2D eigenvalue weighted by Crippen LogP contribution is 2.12. The molecule has 1 N–H and O–H groups in total. The van der Waals surface area contributed by atoms with E-state index in [1.54, 1.807) is 11.8 Å². The average Bonchev–Trinajstić information content (AvgIpc) is 2.56. The van der Waals surface area contributed by atoms with Gasteiger partial charge in [0.2, 0.25) is 0 Å². The van der Waals surface area contributed by atoms with Gasteiger partial charge in [-0.15, -0.1) is 0 Å². The third kappa shape index (κ3) is 6.39. The van der Waals surface area contributed by atoms with Crippen LogP contribution < -0.4 is 10.1 Å². The normalized spacial score (nSPS) is 11.6. The van der Waals surface area contributed by atoms with Gasteiger partial charge in [0.1, 0.15) is 11.8 Å². The number of hydrogen-bond acceptors (Lipinski definition) is 5. The van der Waals surface area contributed by atoms with Crippen molar-refractivity contribution in [3.8, 4) is 5.75 Å². The summed E-state index contributed by atoms with van der Waals surface area (Å²) in [5, 5.41) is 2.64. The molecule has 22 heavy (non-hydrogen) atoms. The maximum atomic E-state index is 11.9. The molecule has 0 aliphatic carbocycles. The van der Waals surface area contributed by atoms with Crippen molar-refractivity contribution in [2.75, 3.05) is 25.7 Å². The lowest BCUT2D eigenvalue weighted by molar-refractivity contribution is -0.145. The van der Waals surface area contributed by atoms with E-state index >= 15 is 0 Å². The Balaban J connectivity index is 2.46. The van der Waals surface area contributed by atoms with Crippen LogP contribution in [0, 0.1) is 0 Å². The smallest absolute Gasteiger partial charge is 0.328 e. The summed E-state index contributed by atoms with van der Waals surface area (Å²) < 4.78 is 10.1. The fourth-order valence-electron chi connectivity index (χ4n) is 1.83. The number of thioether (sulfide) groups is 1. The van der Waals surface area contributed by atoms with Crippen LogP contribution in [0.5, 0.6) is 5.75 Å². The molecule has 1 aromatic carbocycles. The van der Waals surface area contributed by atoms with Crippen molar-refractivity contribution >= 4 is 23.6 Å². The molecule has 5 nitrogen and oxygen atoms in total. The van der Waals surface area contributed by atoms with E-state index in [9.17, 15) is 9.59 Å². The Morgan fingerprint density at radius 2 is 1.95 bits per heavy atom. The van der Waals surface area contributed by atoms with Crippen molar-refractivity contribution in [1.82, 2.24) is 5.32 Å². The third-order valence-corrected chi connectivity index (χ3v) is 3.78. The molecule has 0 radical (unpaired) electrons. The SMILES string of the molecule is CCc1ccc(OCC(=O)N[C@@H](CCSC)C(=O)OC)cc1. The van der Waals surface area contributed by atoms with Crippen LogP contribution in [-0.2, 0) is 20.7 Å². The topological polar surface area (TPSA) is 64.6 Å². The molecule has 1 amide bonds. The zero-order valence-electron chi connectivity index (χ0n) is 13.3. The number of carbonyl (C=O) groups excluding carboxylic acids is 2. The summed E-state index contributed by atoms with van der Waals surface area (Å²) >= 11 is 1.61. The minimum absolute atomic E-state index is 0.127. The predicted molar refractivity (Wildman–Crippen MR) is 88.3 cm³/mol. The first-order valence-corrected chi connectivity index (χ1v) is 8.58. The largest absolute Gasteiger partial charge is 0.484 e. The zero-order chi connectivity index (χ0) is 16.4. The standard InChI is InChI=1S/C16H23NO4S/c1-4-12-5-7-13(8-6-12)21-11-15(18)17-14(9-10-22-3)16(19)20-2/h5-8,14H,4,9-11H2,1-3H3,(H,17,18)/t14-/m0/s1. The minimum atomic E-state index is -0.629. The Kier molecular flexibility index (Phi) is 8.43. The quantitative estimate of drug-likeness (QED) is 0.704. The van der Waals surface area contributed by atoms with Crippen molar-refractivity contribution < 1.29 is 19.1 Å². The van der Waals surface area contributed by atoms with Gasteiger partial charge in [0, 0.05) is 0 Å². The average molecular weight is 325 g/mol. The van der Waals surface area contributed by atoms with Gasteiger partial charge in [-0.1, -0.05) is 19.1 Å². The maximum Gasteiger partial charge on any atom is 0.328 e. The number of nitrogens with one attached hydrogen (secondary N) is 1. The molecule has 1 rings (SSSR count). The van der Waals surface area contributed by atoms with E-state index in [1.165, 1.54) is 12.7 Å². The molecule has 1 aromatic rings. The summed E-state index contributed by atoms with van der Waals surface area (Å²) in [4.78, 5) is 23.5. The van der Waals surface area contributed by atoms with Gasteiger partial charge < -0.3 is 14.8 Å². The van der Waals surface area contributed by atoms with Gasteiger partial charge in [0.05, 0.1) is 7.11 Å². The number of benzene rings is 1. The first-order chi connectivity index (χ1) is 10.6. The van der Waals surface area contributed by atoms with E-state index in [-0.39, 0.29) is 12.5 Å². The molecule has 0 spiro atoms. The molecule has 0 saturated carbocycles. The summed E-state index contributed by atoms with van der Waals surface area (Å²) in [7, 11) is 1.31.